The molecule has 1 saturated carbocycles. The van der Waals surface area contributed by atoms with Gasteiger partial charge in [-0.2, -0.15) is 0 Å². The van der Waals surface area contributed by atoms with E-state index in [4.69, 9.17) is 0 Å². The molecule has 0 heterocycles. The molecule has 0 spiro atoms. The first-order valence-corrected chi connectivity index (χ1v) is 6.96. The van der Waals surface area contributed by atoms with Gasteiger partial charge in [-0.05, 0) is 29.9 Å². The van der Waals surface area contributed by atoms with Gasteiger partial charge in [0.2, 0.25) is 5.91 Å². The van der Waals surface area contributed by atoms with Crippen molar-refractivity contribution in [2.24, 2.45) is 0 Å². The lowest BCUT2D eigenvalue weighted by Crippen LogP contribution is -2.24. The van der Waals surface area contributed by atoms with Crippen molar-refractivity contribution in [2.45, 2.75) is 44.4 Å². The first-order valence-electron chi connectivity index (χ1n) is 6.96. The number of benzene rings is 1. The lowest BCUT2D eigenvalue weighted by Gasteiger charge is -2.24. The largest absolute Gasteiger partial charge is 0.349 e. The molecule has 2 heteroatoms. The average molecular weight is 245 g/mol. The number of nitrogens with zero attached hydrogens (tertiary/aromatic N) is 1. The zero-order valence-corrected chi connectivity index (χ0v) is 11.5. The number of carbonyl (C=O) groups is 1. The van der Waals surface area contributed by atoms with Gasteiger partial charge in [0.1, 0.15) is 0 Å². The second kappa shape index (κ2) is 6.03. The van der Waals surface area contributed by atoms with Crippen molar-refractivity contribution < 1.29 is 4.79 Å². The maximum Gasteiger partial charge on any atom is 0.226 e. The molecule has 0 N–H and O–H groups in total. The summed E-state index contributed by atoms with van der Waals surface area (Å²) in [6.07, 6.45) is 7.15. The molecular weight excluding hydrogens is 222 g/mol. The highest BCUT2D eigenvalue weighted by molar-refractivity contribution is 5.78. The van der Waals surface area contributed by atoms with E-state index >= 15 is 0 Å². The molecule has 1 fully saturated rings. The summed E-state index contributed by atoms with van der Waals surface area (Å²) in [5.41, 5.74) is 2.63. The highest BCUT2D eigenvalue weighted by Crippen LogP contribution is 2.34. The van der Waals surface area contributed by atoms with Crippen LogP contribution in [-0.2, 0) is 11.2 Å². The van der Waals surface area contributed by atoms with Gasteiger partial charge >= 0.3 is 0 Å². The predicted molar refractivity (Wildman–Crippen MR) is 74.7 cm³/mol. The van der Waals surface area contributed by atoms with Crippen molar-refractivity contribution in [1.29, 1.82) is 0 Å². The van der Waals surface area contributed by atoms with Gasteiger partial charge in [-0.3, -0.25) is 4.79 Å². The zero-order chi connectivity index (χ0) is 13.0. The summed E-state index contributed by atoms with van der Waals surface area (Å²) in [5.74, 6) is 0.864. The minimum atomic E-state index is 0.193. The molecule has 0 bridgehead atoms. The Morgan fingerprint density at radius 2 is 1.83 bits per heavy atom. The van der Waals surface area contributed by atoms with Gasteiger partial charge in [-0.1, -0.05) is 43.5 Å². The molecule has 1 aliphatic rings. The lowest BCUT2D eigenvalue weighted by molar-refractivity contribution is -0.127. The molecule has 1 amide bonds. The minimum absolute atomic E-state index is 0.193. The number of amides is 1. The second-order valence-electron chi connectivity index (χ2n) is 5.50. The normalized spacial score (nSPS) is 16.6. The van der Waals surface area contributed by atoms with Crippen molar-refractivity contribution in [2.75, 3.05) is 14.1 Å². The average Bonchev–Trinajstić information content (AvgIpc) is 2.40. The standard InChI is InChI=1S/C16H23NO/c1-17(2)16(18)12-14-10-6-7-11-15(14)13-8-4-3-5-9-13/h6-7,10-11,13H,3-5,8-9,12H2,1-2H3. The Balaban J connectivity index is 2.16. The molecule has 1 aromatic carbocycles. The Hall–Kier alpha value is -1.31. The summed E-state index contributed by atoms with van der Waals surface area (Å²) in [4.78, 5) is 13.6. The molecule has 2 rings (SSSR count). The fourth-order valence-corrected chi connectivity index (χ4v) is 2.83. The molecule has 1 aromatic rings. The Morgan fingerprint density at radius 1 is 1.17 bits per heavy atom. The van der Waals surface area contributed by atoms with Crippen molar-refractivity contribution in [3.63, 3.8) is 0 Å². The summed E-state index contributed by atoms with van der Waals surface area (Å²) >= 11 is 0. The Bertz CT molecular complexity index is 405. The maximum absolute atomic E-state index is 11.9. The van der Waals surface area contributed by atoms with Crippen LogP contribution in [0.2, 0.25) is 0 Å². The van der Waals surface area contributed by atoms with Crippen LogP contribution in [0.3, 0.4) is 0 Å². The number of likely N-dealkylation sites (N-methyl/N-ethyl adjacent to an activating group) is 1. The first kappa shape index (κ1) is 13.1. The molecule has 0 atom stereocenters. The smallest absolute Gasteiger partial charge is 0.226 e. The second-order valence-corrected chi connectivity index (χ2v) is 5.50. The molecule has 0 aliphatic heterocycles. The Morgan fingerprint density at radius 3 is 2.50 bits per heavy atom. The van der Waals surface area contributed by atoms with E-state index < -0.39 is 0 Å². The van der Waals surface area contributed by atoms with Gasteiger partial charge in [0.25, 0.3) is 0 Å². The van der Waals surface area contributed by atoms with Crippen LogP contribution in [0.25, 0.3) is 0 Å². The number of carbonyl (C=O) groups excluding carboxylic acids is 1. The monoisotopic (exact) mass is 245 g/mol. The topological polar surface area (TPSA) is 20.3 Å². The summed E-state index contributed by atoms with van der Waals surface area (Å²) in [6.45, 7) is 0. The number of rotatable bonds is 3. The fourth-order valence-electron chi connectivity index (χ4n) is 2.83. The summed E-state index contributed by atoms with van der Waals surface area (Å²) < 4.78 is 0. The van der Waals surface area contributed by atoms with Crippen LogP contribution in [0, 0.1) is 0 Å². The molecule has 0 unspecified atom stereocenters. The highest BCUT2D eigenvalue weighted by atomic mass is 16.2. The van der Waals surface area contributed by atoms with Gasteiger partial charge in [-0.15, -0.1) is 0 Å². The van der Waals surface area contributed by atoms with E-state index in [9.17, 15) is 4.79 Å². The van der Waals surface area contributed by atoms with E-state index in [0.29, 0.717) is 12.3 Å². The van der Waals surface area contributed by atoms with Crippen molar-refractivity contribution in [3.8, 4) is 0 Å². The Kier molecular flexibility index (Phi) is 4.40. The van der Waals surface area contributed by atoms with Crippen LogP contribution >= 0.6 is 0 Å². The van der Waals surface area contributed by atoms with E-state index in [0.717, 1.165) is 0 Å². The molecule has 2 nitrogen and oxygen atoms in total. The Labute approximate surface area is 110 Å². The van der Waals surface area contributed by atoms with Crippen molar-refractivity contribution in [1.82, 2.24) is 4.90 Å². The molecular formula is C16H23NO. The van der Waals surface area contributed by atoms with Gasteiger partial charge in [0.05, 0.1) is 6.42 Å². The van der Waals surface area contributed by atoms with Crippen LogP contribution in [0.4, 0.5) is 0 Å². The molecule has 0 radical (unpaired) electrons. The summed E-state index contributed by atoms with van der Waals surface area (Å²) in [6, 6.07) is 8.48. The van der Waals surface area contributed by atoms with Crippen LogP contribution in [0.15, 0.2) is 24.3 Å². The van der Waals surface area contributed by atoms with E-state index in [1.807, 2.05) is 20.2 Å². The van der Waals surface area contributed by atoms with Crippen LogP contribution < -0.4 is 0 Å². The quantitative estimate of drug-likeness (QED) is 0.799. The number of hydrogen-bond acceptors (Lipinski definition) is 1. The zero-order valence-electron chi connectivity index (χ0n) is 11.5. The molecule has 0 aromatic heterocycles. The van der Waals surface area contributed by atoms with Crippen LogP contribution in [-0.4, -0.2) is 24.9 Å². The summed E-state index contributed by atoms with van der Waals surface area (Å²) in [7, 11) is 3.65. The molecule has 18 heavy (non-hydrogen) atoms. The number of hydrogen-bond donors (Lipinski definition) is 0. The molecule has 98 valence electrons. The lowest BCUT2D eigenvalue weighted by atomic mass is 9.81. The third kappa shape index (κ3) is 3.12. The van der Waals surface area contributed by atoms with Gasteiger partial charge in [0.15, 0.2) is 0 Å². The maximum atomic E-state index is 11.9. The van der Waals surface area contributed by atoms with E-state index in [-0.39, 0.29) is 5.91 Å². The predicted octanol–water partition coefficient (Wildman–Crippen LogP) is 3.37. The van der Waals surface area contributed by atoms with E-state index in [1.54, 1.807) is 4.90 Å². The fraction of sp³-hybridized carbons (Fsp3) is 0.562. The van der Waals surface area contributed by atoms with Crippen LogP contribution in [0.5, 0.6) is 0 Å². The van der Waals surface area contributed by atoms with Gasteiger partial charge in [0, 0.05) is 14.1 Å². The molecule has 0 saturated heterocycles. The van der Waals surface area contributed by atoms with Gasteiger partial charge < -0.3 is 4.90 Å². The van der Waals surface area contributed by atoms with E-state index in [1.165, 1.54) is 43.2 Å². The van der Waals surface area contributed by atoms with Crippen LogP contribution in [0.1, 0.15) is 49.1 Å². The van der Waals surface area contributed by atoms with Crippen molar-refractivity contribution in [3.05, 3.63) is 35.4 Å². The third-order valence-corrected chi connectivity index (χ3v) is 3.94. The minimum Gasteiger partial charge on any atom is -0.349 e. The third-order valence-electron chi connectivity index (χ3n) is 3.94. The molecule has 1 aliphatic carbocycles. The van der Waals surface area contributed by atoms with E-state index in [2.05, 4.69) is 18.2 Å². The SMILES string of the molecule is CN(C)C(=O)Cc1ccccc1C1CCCCC1. The first-order chi connectivity index (χ1) is 8.68. The van der Waals surface area contributed by atoms with Crippen molar-refractivity contribution >= 4 is 5.91 Å². The van der Waals surface area contributed by atoms with Gasteiger partial charge in [-0.25, -0.2) is 0 Å². The highest BCUT2D eigenvalue weighted by Gasteiger charge is 2.19. The summed E-state index contributed by atoms with van der Waals surface area (Å²) in [5, 5.41) is 0.